The molecule has 1 atom stereocenters. The zero-order valence-corrected chi connectivity index (χ0v) is 13.6. The Morgan fingerprint density at radius 1 is 1.47 bits per heavy atom. The van der Waals surface area contributed by atoms with E-state index in [-0.39, 0.29) is 17.2 Å². The van der Waals surface area contributed by atoms with Crippen LogP contribution in [0.15, 0.2) is 5.38 Å². The molecule has 0 radical (unpaired) electrons. The van der Waals surface area contributed by atoms with Crippen LogP contribution in [0.1, 0.15) is 50.4 Å². The summed E-state index contributed by atoms with van der Waals surface area (Å²) in [5.74, 6) is 0.194. The number of aromatic nitrogens is 1. The van der Waals surface area contributed by atoms with Crippen LogP contribution in [0.2, 0.25) is 0 Å². The molecule has 0 spiro atoms. The van der Waals surface area contributed by atoms with Crippen molar-refractivity contribution in [2.75, 3.05) is 12.3 Å². The van der Waals surface area contributed by atoms with Crippen molar-refractivity contribution in [2.45, 2.75) is 46.6 Å². The molecule has 19 heavy (non-hydrogen) atoms. The fourth-order valence-corrected chi connectivity index (χ4v) is 5.46. The lowest BCUT2D eigenvalue weighted by Gasteiger charge is -2.27. The highest BCUT2D eigenvalue weighted by molar-refractivity contribution is 7.89. The maximum atomic E-state index is 12.5. The fourth-order valence-electron chi connectivity index (χ4n) is 2.53. The van der Waals surface area contributed by atoms with E-state index in [0.717, 1.165) is 23.5 Å². The summed E-state index contributed by atoms with van der Waals surface area (Å²) >= 11 is 1.58. The summed E-state index contributed by atoms with van der Waals surface area (Å²) in [5.41, 5.74) is 0.696. The SMILES string of the molecule is Cc1nc(C2CCCN2S(=O)(=O)CC(C)(C)C)cs1. The third-order valence-electron chi connectivity index (χ3n) is 3.15. The van der Waals surface area contributed by atoms with E-state index in [1.54, 1.807) is 15.6 Å². The molecule has 4 nitrogen and oxygen atoms in total. The predicted molar refractivity (Wildman–Crippen MR) is 78.8 cm³/mol. The van der Waals surface area contributed by atoms with Crippen LogP contribution in [-0.2, 0) is 10.0 Å². The average molecular weight is 302 g/mol. The van der Waals surface area contributed by atoms with Gasteiger partial charge in [0.1, 0.15) is 0 Å². The third-order valence-corrected chi connectivity index (χ3v) is 6.33. The van der Waals surface area contributed by atoms with E-state index >= 15 is 0 Å². The Morgan fingerprint density at radius 3 is 2.68 bits per heavy atom. The van der Waals surface area contributed by atoms with Crippen LogP contribution in [0.25, 0.3) is 0 Å². The lowest BCUT2D eigenvalue weighted by molar-refractivity contribution is 0.373. The monoisotopic (exact) mass is 302 g/mol. The van der Waals surface area contributed by atoms with Gasteiger partial charge in [-0.25, -0.2) is 13.4 Å². The van der Waals surface area contributed by atoms with Gasteiger partial charge in [0.25, 0.3) is 0 Å². The molecule has 1 unspecified atom stereocenters. The zero-order chi connectivity index (χ0) is 14.3. The molecule has 1 fully saturated rings. The van der Waals surface area contributed by atoms with Crippen LogP contribution in [0.4, 0.5) is 0 Å². The third kappa shape index (κ3) is 3.55. The number of aryl methyl sites for hydroxylation is 1. The fraction of sp³-hybridized carbons (Fsp3) is 0.769. The number of hydrogen-bond donors (Lipinski definition) is 0. The second-order valence-corrected chi connectivity index (χ2v) is 9.36. The van der Waals surface area contributed by atoms with Gasteiger partial charge in [-0.1, -0.05) is 20.8 Å². The Balaban J connectivity index is 2.24. The molecule has 0 bridgehead atoms. The molecular weight excluding hydrogens is 280 g/mol. The number of sulfonamides is 1. The average Bonchev–Trinajstić information content (AvgIpc) is 2.80. The van der Waals surface area contributed by atoms with Crippen LogP contribution in [0, 0.1) is 12.3 Å². The second-order valence-electron chi connectivity index (χ2n) is 6.38. The van der Waals surface area contributed by atoms with E-state index in [9.17, 15) is 8.42 Å². The van der Waals surface area contributed by atoms with Crippen molar-refractivity contribution < 1.29 is 8.42 Å². The molecule has 0 aromatic carbocycles. The lowest BCUT2D eigenvalue weighted by atomic mass is 10.0. The summed E-state index contributed by atoms with van der Waals surface area (Å²) in [6.07, 6.45) is 1.80. The van der Waals surface area contributed by atoms with Crippen molar-refractivity contribution in [1.82, 2.24) is 9.29 Å². The molecule has 1 aromatic rings. The molecule has 0 aliphatic carbocycles. The van der Waals surface area contributed by atoms with Gasteiger partial charge in [-0.3, -0.25) is 0 Å². The summed E-state index contributed by atoms with van der Waals surface area (Å²) in [5, 5.41) is 2.99. The smallest absolute Gasteiger partial charge is 0.215 e. The van der Waals surface area contributed by atoms with Crippen LogP contribution < -0.4 is 0 Å². The molecule has 0 amide bonds. The first-order chi connectivity index (χ1) is 8.69. The molecule has 6 heteroatoms. The highest BCUT2D eigenvalue weighted by atomic mass is 32.2. The van der Waals surface area contributed by atoms with Gasteiger partial charge >= 0.3 is 0 Å². The van der Waals surface area contributed by atoms with Gasteiger partial charge < -0.3 is 0 Å². The summed E-state index contributed by atoms with van der Waals surface area (Å²) in [4.78, 5) is 4.47. The highest BCUT2D eigenvalue weighted by Gasteiger charge is 2.38. The predicted octanol–water partition coefficient (Wildman–Crippen LogP) is 2.96. The molecule has 1 aliphatic rings. The van der Waals surface area contributed by atoms with E-state index in [1.165, 1.54) is 0 Å². The van der Waals surface area contributed by atoms with E-state index in [4.69, 9.17) is 0 Å². The van der Waals surface area contributed by atoms with E-state index in [1.807, 2.05) is 33.1 Å². The minimum atomic E-state index is -3.21. The van der Waals surface area contributed by atoms with Crippen molar-refractivity contribution in [3.05, 3.63) is 16.1 Å². The van der Waals surface area contributed by atoms with Crippen molar-refractivity contribution in [2.24, 2.45) is 5.41 Å². The first-order valence-electron chi connectivity index (χ1n) is 6.61. The van der Waals surface area contributed by atoms with Gasteiger partial charge in [-0.15, -0.1) is 11.3 Å². The maximum Gasteiger partial charge on any atom is 0.215 e. The quantitative estimate of drug-likeness (QED) is 0.862. The molecule has 2 heterocycles. The van der Waals surface area contributed by atoms with Crippen LogP contribution in [0.3, 0.4) is 0 Å². The van der Waals surface area contributed by atoms with Crippen molar-refractivity contribution in [3.8, 4) is 0 Å². The van der Waals surface area contributed by atoms with Crippen LogP contribution in [-0.4, -0.2) is 30.0 Å². The largest absolute Gasteiger partial charge is 0.245 e. The number of hydrogen-bond acceptors (Lipinski definition) is 4. The van der Waals surface area contributed by atoms with Crippen molar-refractivity contribution >= 4 is 21.4 Å². The van der Waals surface area contributed by atoms with Gasteiger partial charge in [0.05, 0.1) is 22.5 Å². The van der Waals surface area contributed by atoms with Crippen molar-refractivity contribution in [3.63, 3.8) is 0 Å². The first kappa shape index (κ1) is 14.9. The Bertz CT molecular complexity index is 543. The Morgan fingerprint density at radius 2 is 2.16 bits per heavy atom. The maximum absolute atomic E-state index is 12.5. The van der Waals surface area contributed by atoms with Gasteiger partial charge in [0, 0.05) is 11.9 Å². The molecule has 0 N–H and O–H groups in total. The Hall–Kier alpha value is -0.460. The van der Waals surface area contributed by atoms with Gasteiger partial charge in [-0.2, -0.15) is 4.31 Å². The molecule has 1 aromatic heterocycles. The molecule has 2 rings (SSSR count). The topological polar surface area (TPSA) is 50.3 Å². The molecule has 0 saturated carbocycles. The molecule has 108 valence electrons. The number of nitrogens with zero attached hydrogens (tertiary/aromatic N) is 2. The van der Waals surface area contributed by atoms with E-state index in [2.05, 4.69) is 4.98 Å². The van der Waals surface area contributed by atoms with Crippen LogP contribution in [0.5, 0.6) is 0 Å². The standard InChI is InChI=1S/C13H22N2O2S2/c1-10-14-11(8-18-10)12-6-5-7-15(12)19(16,17)9-13(2,3)4/h8,12H,5-7,9H2,1-4H3. The molecular formula is C13H22N2O2S2. The summed E-state index contributed by atoms with van der Waals surface area (Å²) in [7, 11) is -3.21. The summed E-state index contributed by atoms with van der Waals surface area (Å²) in [6, 6.07) is -0.0581. The van der Waals surface area contributed by atoms with Gasteiger partial charge in [0.2, 0.25) is 10.0 Å². The van der Waals surface area contributed by atoms with Gasteiger partial charge in [0.15, 0.2) is 0 Å². The molecule has 1 aliphatic heterocycles. The van der Waals surface area contributed by atoms with Gasteiger partial charge in [-0.05, 0) is 25.2 Å². The lowest BCUT2D eigenvalue weighted by Crippen LogP contribution is -2.36. The normalized spacial score (nSPS) is 22.0. The van der Waals surface area contributed by atoms with E-state index < -0.39 is 10.0 Å². The summed E-state index contributed by atoms with van der Waals surface area (Å²) in [6.45, 7) is 8.46. The minimum absolute atomic E-state index is 0.0581. The highest BCUT2D eigenvalue weighted by Crippen LogP contribution is 2.36. The zero-order valence-electron chi connectivity index (χ0n) is 12.0. The number of rotatable bonds is 3. The summed E-state index contributed by atoms with van der Waals surface area (Å²) < 4.78 is 26.7. The Kier molecular flexibility index (Phi) is 4.05. The van der Waals surface area contributed by atoms with Crippen LogP contribution >= 0.6 is 11.3 Å². The number of thiazole rings is 1. The molecule has 1 saturated heterocycles. The van der Waals surface area contributed by atoms with Crippen molar-refractivity contribution in [1.29, 1.82) is 0 Å². The first-order valence-corrected chi connectivity index (χ1v) is 9.09. The Labute approximate surface area is 119 Å². The second kappa shape index (κ2) is 5.14. The minimum Gasteiger partial charge on any atom is -0.245 e. The van der Waals surface area contributed by atoms with E-state index in [0.29, 0.717) is 6.54 Å².